The molecule has 2 fully saturated rings. The van der Waals surface area contributed by atoms with Gasteiger partial charge in [0.2, 0.25) is 0 Å². The van der Waals surface area contributed by atoms with Gasteiger partial charge < -0.3 is 0 Å². The molecular weight excluding hydrogens is 370 g/mol. The lowest BCUT2D eigenvalue weighted by molar-refractivity contribution is -0.140. The predicted molar refractivity (Wildman–Crippen MR) is 97.3 cm³/mol. The molecule has 2 aliphatic heterocycles. The van der Waals surface area contributed by atoms with Crippen LogP contribution in [0.1, 0.15) is 47.2 Å². The number of piperidine rings is 1. The first-order valence-electron chi connectivity index (χ1n) is 9.54. The van der Waals surface area contributed by atoms with Gasteiger partial charge in [0.1, 0.15) is 11.4 Å². The van der Waals surface area contributed by atoms with Gasteiger partial charge in [-0.2, -0.15) is 13.2 Å². The van der Waals surface area contributed by atoms with Gasteiger partial charge in [-0.15, -0.1) is 0 Å². The molecule has 2 unspecified atom stereocenters. The van der Waals surface area contributed by atoms with E-state index >= 15 is 0 Å². The Labute approximate surface area is 161 Å². The maximum absolute atomic E-state index is 13.9. The van der Waals surface area contributed by atoms with Crippen LogP contribution in [-0.4, -0.2) is 22.8 Å². The Hall–Kier alpha value is -2.21. The lowest BCUT2D eigenvalue weighted by Crippen LogP contribution is -2.44. The van der Waals surface area contributed by atoms with E-state index in [4.69, 9.17) is 0 Å². The summed E-state index contributed by atoms with van der Waals surface area (Å²) >= 11 is 0. The van der Waals surface area contributed by atoms with Gasteiger partial charge in [0.05, 0.1) is 0 Å². The molecule has 0 N–H and O–H groups in total. The van der Waals surface area contributed by atoms with Crippen molar-refractivity contribution in [2.75, 3.05) is 0 Å². The van der Waals surface area contributed by atoms with Crippen LogP contribution in [-0.2, 0) is 12.7 Å². The fraction of sp³-hybridized carbons (Fsp3) is 0.409. The highest BCUT2D eigenvalue weighted by molar-refractivity contribution is 5.99. The van der Waals surface area contributed by atoms with E-state index in [1.54, 1.807) is 0 Å². The van der Waals surface area contributed by atoms with Gasteiger partial charge in [0.25, 0.3) is 0 Å². The first kappa shape index (κ1) is 19.1. The maximum atomic E-state index is 13.9. The summed E-state index contributed by atoms with van der Waals surface area (Å²) in [5.41, 5.74) is -0.777. The van der Waals surface area contributed by atoms with Crippen LogP contribution in [0.5, 0.6) is 0 Å². The van der Waals surface area contributed by atoms with Crippen LogP contribution >= 0.6 is 0 Å². The zero-order valence-corrected chi connectivity index (χ0v) is 15.3. The zero-order chi connectivity index (χ0) is 19.9. The van der Waals surface area contributed by atoms with Gasteiger partial charge in [-0.25, -0.2) is 4.39 Å². The third-order valence-corrected chi connectivity index (χ3v) is 6.03. The highest BCUT2D eigenvalue weighted by atomic mass is 19.4. The number of ketones is 1. The van der Waals surface area contributed by atoms with Crippen molar-refractivity contribution in [3.05, 3.63) is 71.0 Å². The molecule has 148 valence electrons. The summed E-state index contributed by atoms with van der Waals surface area (Å²) in [5, 5.41) is 0. The number of hydrogen-bond donors (Lipinski definition) is 0. The number of carbonyl (C=O) groups is 1. The van der Waals surface area contributed by atoms with Crippen LogP contribution in [0.2, 0.25) is 0 Å². The summed E-state index contributed by atoms with van der Waals surface area (Å²) in [4.78, 5) is 15.3. The Bertz CT molecular complexity index is 851. The number of carbonyl (C=O) groups excluding carboxylic acids is 1. The van der Waals surface area contributed by atoms with Crippen LogP contribution in [0.4, 0.5) is 17.6 Å². The molecule has 2 aromatic carbocycles. The predicted octanol–water partition coefficient (Wildman–Crippen LogP) is 5.47. The molecule has 2 bridgehead atoms. The van der Waals surface area contributed by atoms with Gasteiger partial charge in [0, 0.05) is 30.1 Å². The summed E-state index contributed by atoms with van der Waals surface area (Å²) in [5.74, 6) is -2.46. The molecule has 0 aromatic heterocycles. The third kappa shape index (κ3) is 3.58. The minimum absolute atomic E-state index is 0.177. The molecule has 0 spiro atoms. The number of fused-ring (bicyclic) bond motifs is 2. The lowest BCUT2D eigenvalue weighted by Gasteiger charge is -2.38. The summed E-state index contributed by atoms with van der Waals surface area (Å²) in [6.45, 7) is 0.783. The van der Waals surface area contributed by atoms with Crippen LogP contribution in [0.15, 0.2) is 48.5 Å². The number of nitrogens with zero attached hydrogens (tertiary/aromatic N) is 1. The third-order valence-electron chi connectivity index (χ3n) is 6.03. The number of rotatable bonds is 4. The van der Waals surface area contributed by atoms with Gasteiger partial charge in [0.15, 0.2) is 5.78 Å². The second-order valence-corrected chi connectivity index (χ2v) is 7.74. The number of halogens is 4. The number of hydrogen-bond acceptors (Lipinski definition) is 2. The highest BCUT2D eigenvalue weighted by Gasteiger charge is 2.45. The van der Waals surface area contributed by atoms with Crippen LogP contribution in [0.25, 0.3) is 0 Å². The molecule has 6 heteroatoms. The second kappa shape index (κ2) is 7.32. The minimum atomic E-state index is -4.89. The summed E-state index contributed by atoms with van der Waals surface area (Å²) in [6.07, 6.45) is -1.96. The van der Waals surface area contributed by atoms with Crippen molar-refractivity contribution in [3.8, 4) is 0 Å². The molecule has 2 atom stereocenters. The smallest absolute Gasteiger partial charge is 0.294 e. The van der Waals surface area contributed by atoms with Gasteiger partial charge in [-0.05, 0) is 37.3 Å². The molecule has 2 nitrogen and oxygen atoms in total. The van der Waals surface area contributed by atoms with Crippen LogP contribution < -0.4 is 0 Å². The van der Waals surface area contributed by atoms with Crippen molar-refractivity contribution in [1.82, 2.24) is 4.90 Å². The maximum Gasteiger partial charge on any atom is 0.419 e. The summed E-state index contributed by atoms with van der Waals surface area (Å²) in [7, 11) is 0. The molecule has 0 saturated carbocycles. The second-order valence-electron chi connectivity index (χ2n) is 7.74. The average molecular weight is 391 g/mol. The monoisotopic (exact) mass is 391 g/mol. The Morgan fingerprint density at radius 1 is 0.964 bits per heavy atom. The quantitative estimate of drug-likeness (QED) is 0.509. The zero-order valence-electron chi connectivity index (χ0n) is 15.3. The first-order chi connectivity index (χ1) is 13.3. The summed E-state index contributed by atoms with van der Waals surface area (Å²) in [6, 6.07) is 13.4. The topological polar surface area (TPSA) is 20.3 Å². The molecule has 2 saturated heterocycles. The van der Waals surface area contributed by atoms with E-state index in [2.05, 4.69) is 17.0 Å². The molecule has 0 aliphatic carbocycles. The van der Waals surface area contributed by atoms with Crippen LogP contribution in [0, 0.1) is 11.7 Å². The number of alkyl halides is 3. The Kier molecular flexibility index (Phi) is 5.00. The van der Waals surface area contributed by atoms with E-state index in [9.17, 15) is 22.4 Å². The van der Waals surface area contributed by atoms with E-state index in [0.29, 0.717) is 12.8 Å². The Balaban J connectivity index is 1.54. The molecule has 0 radical (unpaired) electrons. The normalized spacial score (nSPS) is 25.1. The van der Waals surface area contributed by atoms with Crippen molar-refractivity contribution in [2.45, 2.75) is 50.5 Å². The molecule has 2 aliphatic rings. The number of Topliss-reactive ketones (excluding diaryl/α,β-unsaturated/α-hetero) is 1. The molecule has 0 amide bonds. The highest BCUT2D eigenvalue weighted by Crippen LogP contribution is 2.42. The fourth-order valence-electron chi connectivity index (χ4n) is 4.78. The molecule has 2 heterocycles. The van der Waals surface area contributed by atoms with Crippen molar-refractivity contribution in [1.29, 1.82) is 0 Å². The van der Waals surface area contributed by atoms with E-state index in [1.165, 1.54) is 11.6 Å². The van der Waals surface area contributed by atoms with Crippen molar-refractivity contribution in [2.24, 2.45) is 5.92 Å². The number of benzene rings is 2. The van der Waals surface area contributed by atoms with Crippen molar-refractivity contribution in [3.63, 3.8) is 0 Å². The minimum Gasteiger partial charge on any atom is -0.294 e. The molecule has 2 aromatic rings. The van der Waals surface area contributed by atoms with E-state index in [0.717, 1.165) is 31.5 Å². The molecule has 28 heavy (non-hydrogen) atoms. The van der Waals surface area contributed by atoms with Crippen LogP contribution in [0.3, 0.4) is 0 Å². The Morgan fingerprint density at radius 2 is 1.61 bits per heavy atom. The van der Waals surface area contributed by atoms with Gasteiger partial charge in [-0.1, -0.05) is 42.5 Å². The average Bonchev–Trinajstić information content (AvgIpc) is 2.88. The van der Waals surface area contributed by atoms with Gasteiger partial charge >= 0.3 is 6.18 Å². The largest absolute Gasteiger partial charge is 0.419 e. The van der Waals surface area contributed by atoms with Crippen molar-refractivity contribution >= 4 is 5.78 Å². The van der Waals surface area contributed by atoms with Crippen molar-refractivity contribution < 1.29 is 22.4 Å². The fourth-order valence-corrected chi connectivity index (χ4v) is 4.78. The SMILES string of the molecule is O=C(c1cccc(F)c1C(F)(F)F)C1CC2CCC(C1)N2Cc1ccccc1. The Morgan fingerprint density at radius 3 is 2.21 bits per heavy atom. The molecular formula is C22H21F4NO. The van der Waals surface area contributed by atoms with Gasteiger partial charge in [-0.3, -0.25) is 9.69 Å². The summed E-state index contributed by atoms with van der Waals surface area (Å²) < 4.78 is 53.8. The first-order valence-corrected chi connectivity index (χ1v) is 9.54. The van der Waals surface area contributed by atoms with E-state index < -0.39 is 34.8 Å². The lowest BCUT2D eigenvalue weighted by atomic mass is 9.83. The van der Waals surface area contributed by atoms with E-state index in [1.807, 2.05) is 18.2 Å². The van der Waals surface area contributed by atoms with E-state index in [-0.39, 0.29) is 12.1 Å². The molecule has 4 rings (SSSR count). The standard InChI is InChI=1S/C22H21F4NO/c23-19-8-4-7-18(20(19)22(24,25)26)21(28)15-11-16-9-10-17(12-15)27(16)13-14-5-2-1-3-6-14/h1-8,15-17H,9-13H2.